The van der Waals surface area contributed by atoms with Gasteiger partial charge in [0.25, 0.3) is 0 Å². The molecule has 5 nitrogen and oxygen atoms in total. The average Bonchev–Trinajstić information content (AvgIpc) is 2.54. The van der Waals surface area contributed by atoms with E-state index in [9.17, 15) is 9.90 Å². The summed E-state index contributed by atoms with van der Waals surface area (Å²) in [5, 5.41) is 13.7. The third kappa shape index (κ3) is 6.50. The first-order chi connectivity index (χ1) is 11.1. The number of carbonyl (C=O) groups excluding carboxylic acids is 1. The van der Waals surface area contributed by atoms with Gasteiger partial charge in [0, 0.05) is 25.7 Å². The van der Waals surface area contributed by atoms with Crippen molar-refractivity contribution in [2.75, 3.05) is 32.8 Å². The van der Waals surface area contributed by atoms with Gasteiger partial charge in [0.15, 0.2) is 0 Å². The van der Waals surface area contributed by atoms with Crippen molar-refractivity contribution in [2.24, 2.45) is 0 Å². The predicted octanol–water partition coefficient (Wildman–Crippen LogP) is 1.30. The van der Waals surface area contributed by atoms with E-state index in [1.54, 1.807) is 0 Å². The Morgan fingerprint density at radius 3 is 2.65 bits per heavy atom. The van der Waals surface area contributed by atoms with Crippen molar-refractivity contribution in [2.45, 2.75) is 63.0 Å². The minimum atomic E-state index is -0.483. The molecule has 2 rings (SSSR count). The maximum Gasteiger partial charge on any atom is 0.222 e. The van der Waals surface area contributed by atoms with Gasteiger partial charge in [0.05, 0.1) is 18.6 Å². The first-order valence-electron chi connectivity index (χ1n) is 8.87. The van der Waals surface area contributed by atoms with Crippen LogP contribution in [0.15, 0.2) is 0 Å². The summed E-state index contributed by atoms with van der Waals surface area (Å²) >= 11 is 0. The summed E-state index contributed by atoms with van der Waals surface area (Å²) in [5.41, 5.74) is -0.483. The zero-order valence-electron chi connectivity index (χ0n) is 14.1. The van der Waals surface area contributed by atoms with Gasteiger partial charge in [-0.2, -0.15) is 0 Å². The smallest absolute Gasteiger partial charge is 0.222 e. The van der Waals surface area contributed by atoms with Gasteiger partial charge < -0.3 is 20.1 Å². The number of ether oxygens (including phenoxy) is 1. The van der Waals surface area contributed by atoms with E-state index in [4.69, 9.17) is 11.2 Å². The highest BCUT2D eigenvalue weighted by molar-refractivity contribution is 5.76. The lowest BCUT2D eigenvalue weighted by molar-refractivity contribution is -0.123. The van der Waals surface area contributed by atoms with Crippen molar-refractivity contribution < 1.29 is 14.6 Å². The predicted molar refractivity (Wildman–Crippen MR) is 89.9 cm³/mol. The van der Waals surface area contributed by atoms with Gasteiger partial charge in [-0.3, -0.25) is 4.79 Å². The molecule has 5 heteroatoms. The van der Waals surface area contributed by atoms with Crippen LogP contribution >= 0.6 is 0 Å². The van der Waals surface area contributed by atoms with Gasteiger partial charge in [-0.1, -0.05) is 25.2 Å². The third-order valence-corrected chi connectivity index (χ3v) is 4.91. The second-order valence-electron chi connectivity index (χ2n) is 6.91. The minimum Gasteiger partial charge on any atom is -0.389 e. The number of aliphatic hydroxyl groups is 1. The van der Waals surface area contributed by atoms with Crippen molar-refractivity contribution >= 4 is 5.91 Å². The highest BCUT2D eigenvalue weighted by Gasteiger charge is 2.32. The van der Waals surface area contributed by atoms with E-state index >= 15 is 0 Å². The Labute approximate surface area is 139 Å². The second-order valence-corrected chi connectivity index (χ2v) is 6.91. The number of terminal acetylenes is 1. The van der Waals surface area contributed by atoms with Crippen molar-refractivity contribution in [3.8, 4) is 12.3 Å². The molecule has 2 aliphatic rings. The molecule has 130 valence electrons. The fourth-order valence-corrected chi connectivity index (χ4v) is 3.62. The first kappa shape index (κ1) is 18.3. The van der Waals surface area contributed by atoms with Crippen LogP contribution in [0.5, 0.6) is 0 Å². The summed E-state index contributed by atoms with van der Waals surface area (Å²) < 4.78 is 5.12. The largest absolute Gasteiger partial charge is 0.389 e. The fourth-order valence-electron chi connectivity index (χ4n) is 3.62. The molecular formula is C18H30N2O3. The molecule has 0 aromatic rings. The molecule has 0 aromatic carbocycles. The van der Waals surface area contributed by atoms with Crippen LogP contribution in [-0.2, 0) is 9.53 Å². The van der Waals surface area contributed by atoms with Crippen molar-refractivity contribution in [1.82, 2.24) is 10.2 Å². The third-order valence-electron chi connectivity index (χ3n) is 4.91. The van der Waals surface area contributed by atoms with E-state index in [2.05, 4.69) is 16.1 Å². The molecular weight excluding hydrogens is 292 g/mol. The normalized spacial score (nSPS) is 22.4. The molecule has 0 spiro atoms. The molecule has 1 aliphatic heterocycles. The lowest BCUT2D eigenvalue weighted by atomic mass is 9.84. The van der Waals surface area contributed by atoms with Gasteiger partial charge in [-0.05, 0) is 25.7 Å². The molecule has 2 N–H and O–H groups in total. The van der Waals surface area contributed by atoms with Crippen LogP contribution in [0.2, 0.25) is 0 Å². The van der Waals surface area contributed by atoms with Gasteiger partial charge in [0.1, 0.15) is 6.61 Å². The van der Waals surface area contributed by atoms with E-state index in [0.29, 0.717) is 13.0 Å². The number of carbonyl (C=O) groups is 1. The molecule has 1 aliphatic carbocycles. The molecule has 0 aromatic heterocycles. The van der Waals surface area contributed by atoms with Crippen LogP contribution < -0.4 is 5.32 Å². The summed E-state index contributed by atoms with van der Waals surface area (Å²) in [7, 11) is 0. The summed E-state index contributed by atoms with van der Waals surface area (Å²) in [4.78, 5) is 14.2. The van der Waals surface area contributed by atoms with Crippen LogP contribution in [0.25, 0.3) is 0 Å². The van der Waals surface area contributed by atoms with E-state index in [-0.39, 0.29) is 18.6 Å². The lowest BCUT2D eigenvalue weighted by Gasteiger charge is -2.40. The zero-order chi connectivity index (χ0) is 16.5. The van der Waals surface area contributed by atoms with Crippen LogP contribution in [0.4, 0.5) is 0 Å². The Morgan fingerprint density at radius 2 is 2.00 bits per heavy atom. The molecule has 0 unspecified atom stereocenters. The summed E-state index contributed by atoms with van der Waals surface area (Å²) in [5.74, 6) is 2.42. The van der Waals surface area contributed by atoms with Gasteiger partial charge >= 0.3 is 0 Å². The SMILES string of the molecule is C#CCOCCC(=O)NC1CCN(CC2(O)CCCCC2)CC1. The van der Waals surface area contributed by atoms with E-state index in [1.807, 2.05) is 0 Å². The molecule has 23 heavy (non-hydrogen) atoms. The standard InChI is InChI=1S/C18H30N2O3/c1-2-13-23-14-8-17(21)19-16-6-11-20(12-7-16)15-18(22)9-4-3-5-10-18/h1,16,22H,3-15H2,(H,19,21). The number of likely N-dealkylation sites (tertiary alicyclic amines) is 1. The summed E-state index contributed by atoms with van der Waals surface area (Å²) in [6, 6.07) is 0.243. The van der Waals surface area contributed by atoms with E-state index in [1.165, 1.54) is 6.42 Å². The Hall–Kier alpha value is -1.09. The first-order valence-corrected chi connectivity index (χ1v) is 8.87. The molecule has 0 bridgehead atoms. The Balaban J connectivity index is 1.62. The quantitative estimate of drug-likeness (QED) is 0.548. The number of nitrogens with one attached hydrogen (secondary N) is 1. The highest BCUT2D eigenvalue weighted by atomic mass is 16.5. The molecule has 0 atom stereocenters. The topological polar surface area (TPSA) is 61.8 Å². The Kier molecular flexibility index (Phi) is 7.35. The Morgan fingerprint density at radius 1 is 1.30 bits per heavy atom. The Bertz CT molecular complexity index is 405. The summed E-state index contributed by atoms with van der Waals surface area (Å²) in [6.45, 7) is 3.31. The van der Waals surface area contributed by atoms with Crippen LogP contribution in [0.1, 0.15) is 51.4 Å². The van der Waals surface area contributed by atoms with Crippen molar-refractivity contribution in [3.05, 3.63) is 0 Å². The number of rotatable bonds is 7. The molecule has 1 saturated heterocycles. The lowest BCUT2D eigenvalue weighted by Crippen LogP contribution is -2.50. The minimum absolute atomic E-state index is 0.0337. The van der Waals surface area contributed by atoms with E-state index in [0.717, 1.165) is 58.2 Å². The number of hydrogen-bond donors (Lipinski definition) is 2. The van der Waals surface area contributed by atoms with Crippen molar-refractivity contribution in [3.63, 3.8) is 0 Å². The molecule has 1 amide bonds. The monoisotopic (exact) mass is 322 g/mol. The number of nitrogens with zero attached hydrogens (tertiary/aromatic N) is 1. The number of β-amino-alcohol motifs (C(OH)–C–C–N with tert-alkyl or cyclic N) is 1. The van der Waals surface area contributed by atoms with Crippen LogP contribution in [-0.4, -0.2) is 60.4 Å². The number of amides is 1. The molecule has 0 radical (unpaired) electrons. The average molecular weight is 322 g/mol. The van der Waals surface area contributed by atoms with Gasteiger partial charge in [-0.15, -0.1) is 6.42 Å². The van der Waals surface area contributed by atoms with Gasteiger partial charge in [-0.25, -0.2) is 0 Å². The van der Waals surface area contributed by atoms with Gasteiger partial charge in [0.2, 0.25) is 5.91 Å². The maximum atomic E-state index is 11.8. The fraction of sp³-hybridized carbons (Fsp3) is 0.833. The molecule has 1 saturated carbocycles. The molecule has 1 heterocycles. The molecule has 2 fully saturated rings. The number of piperidine rings is 1. The summed E-state index contributed by atoms with van der Waals surface area (Å²) in [6.07, 6.45) is 12.8. The number of hydrogen-bond acceptors (Lipinski definition) is 4. The van der Waals surface area contributed by atoms with Crippen molar-refractivity contribution in [1.29, 1.82) is 0 Å². The highest BCUT2D eigenvalue weighted by Crippen LogP contribution is 2.29. The van der Waals surface area contributed by atoms with E-state index < -0.39 is 5.60 Å². The zero-order valence-corrected chi connectivity index (χ0v) is 14.1. The van der Waals surface area contributed by atoms with Crippen LogP contribution in [0, 0.1) is 12.3 Å². The second kappa shape index (κ2) is 9.27. The van der Waals surface area contributed by atoms with Crippen LogP contribution in [0.3, 0.4) is 0 Å². The maximum absolute atomic E-state index is 11.8.